The topological polar surface area (TPSA) is 55.8 Å². The van der Waals surface area contributed by atoms with Crippen molar-refractivity contribution in [2.45, 2.75) is 37.3 Å². The normalized spacial score (nSPS) is 24.2. The van der Waals surface area contributed by atoms with Gasteiger partial charge in [-0.1, -0.05) is 0 Å². The van der Waals surface area contributed by atoms with Crippen LogP contribution in [0.3, 0.4) is 0 Å². The van der Waals surface area contributed by atoms with Crippen molar-refractivity contribution in [2.24, 2.45) is 0 Å². The summed E-state index contributed by atoms with van der Waals surface area (Å²) in [6.07, 6.45) is -5.30. The Morgan fingerprint density at radius 3 is 2.09 bits per heavy atom. The second-order valence-corrected chi connectivity index (χ2v) is 7.04. The first-order chi connectivity index (χ1) is 10.1. The minimum absolute atomic E-state index is 0.0803. The summed E-state index contributed by atoms with van der Waals surface area (Å²) in [4.78, 5) is -0.0803. The zero-order chi connectivity index (χ0) is 16.5. The van der Waals surface area contributed by atoms with Crippen LogP contribution in [0.4, 0.5) is 13.2 Å². The van der Waals surface area contributed by atoms with E-state index in [1.54, 1.807) is 13.8 Å². The summed E-state index contributed by atoms with van der Waals surface area (Å²) in [6, 6.07) is 4.16. The van der Waals surface area contributed by atoms with Gasteiger partial charge in [-0.3, -0.25) is 0 Å². The summed E-state index contributed by atoms with van der Waals surface area (Å²) >= 11 is 0. The van der Waals surface area contributed by atoms with E-state index in [1.807, 2.05) is 0 Å². The molecule has 1 aliphatic rings. The van der Waals surface area contributed by atoms with Crippen molar-refractivity contribution in [2.75, 3.05) is 13.1 Å². The lowest BCUT2D eigenvalue weighted by molar-refractivity contribution is -0.274. The van der Waals surface area contributed by atoms with E-state index in [9.17, 15) is 21.6 Å². The molecule has 0 bridgehead atoms. The predicted octanol–water partition coefficient (Wildman–Crippen LogP) is 2.38. The Bertz CT molecular complexity index is 605. The maximum absolute atomic E-state index is 12.5. The number of rotatable bonds is 3. The van der Waals surface area contributed by atoms with Crippen molar-refractivity contribution < 1.29 is 31.1 Å². The Morgan fingerprint density at radius 1 is 1.14 bits per heavy atom. The highest BCUT2D eigenvalue weighted by Crippen LogP contribution is 2.26. The van der Waals surface area contributed by atoms with Gasteiger partial charge in [0.25, 0.3) is 0 Å². The summed E-state index contributed by atoms with van der Waals surface area (Å²) in [5.41, 5.74) is 0. The fourth-order valence-electron chi connectivity index (χ4n) is 2.29. The number of morpholine rings is 1. The van der Waals surface area contributed by atoms with Crippen molar-refractivity contribution in [3.8, 4) is 5.75 Å². The van der Waals surface area contributed by atoms with Gasteiger partial charge in [0, 0.05) is 13.1 Å². The number of nitrogens with zero attached hydrogens (tertiary/aromatic N) is 1. The van der Waals surface area contributed by atoms with Gasteiger partial charge in [0.05, 0.1) is 17.1 Å². The standard InChI is InChI=1S/C13H16F3NO4S/c1-9-7-17(8-10(2)20-9)22(18,19)12-5-3-11(4-6-12)21-13(14,15)16/h3-6,9-10H,7-8H2,1-2H3/t9-,10-/m1/s1. The zero-order valence-electron chi connectivity index (χ0n) is 12.0. The molecule has 1 aromatic carbocycles. The Labute approximate surface area is 126 Å². The number of alkyl halides is 3. The van der Waals surface area contributed by atoms with Crippen LogP contribution in [-0.4, -0.2) is 44.4 Å². The Kier molecular flexibility index (Phi) is 4.69. The molecule has 2 rings (SSSR count). The SMILES string of the molecule is C[C@@H]1CN(S(=O)(=O)c2ccc(OC(F)(F)F)cc2)C[C@@H](C)O1. The third kappa shape index (κ3) is 4.11. The van der Waals surface area contributed by atoms with E-state index >= 15 is 0 Å². The molecule has 0 radical (unpaired) electrons. The lowest BCUT2D eigenvalue weighted by Gasteiger charge is -2.34. The monoisotopic (exact) mass is 339 g/mol. The quantitative estimate of drug-likeness (QED) is 0.848. The first kappa shape index (κ1) is 17.0. The van der Waals surface area contributed by atoms with Gasteiger partial charge in [0.2, 0.25) is 10.0 Å². The molecule has 124 valence electrons. The molecule has 0 saturated carbocycles. The van der Waals surface area contributed by atoms with Crippen molar-refractivity contribution in [1.82, 2.24) is 4.31 Å². The number of halogens is 3. The zero-order valence-corrected chi connectivity index (χ0v) is 12.8. The molecular weight excluding hydrogens is 323 g/mol. The number of sulfonamides is 1. The van der Waals surface area contributed by atoms with E-state index < -0.39 is 22.1 Å². The Hall–Kier alpha value is -1.32. The molecule has 1 saturated heterocycles. The lowest BCUT2D eigenvalue weighted by Crippen LogP contribution is -2.48. The summed E-state index contributed by atoms with van der Waals surface area (Å²) in [7, 11) is -3.77. The predicted molar refractivity (Wildman–Crippen MR) is 71.9 cm³/mol. The van der Waals surface area contributed by atoms with Crippen LogP contribution in [0.1, 0.15) is 13.8 Å². The van der Waals surface area contributed by atoms with Crippen LogP contribution in [0, 0.1) is 0 Å². The number of ether oxygens (including phenoxy) is 2. The average Bonchev–Trinajstić information content (AvgIpc) is 2.36. The van der Waals surface area contributed by atoms with E-state index in [0.29, 0.717) is 0 Å². The summed E-state index contributed by atoms with van der Waals surface area (Å²) in [5, 5.41) is 0. The molecule has 0 unspecified atom stereocenters. The minimum atomic E-state index is -4.81. The van der Waals surface area contributed by atoms with E-state index in [4.69, 9.17) is 4.74 Å². The number of benzene rings is 1. The highest BCUT2D eigenvalue weighted by molar-refractivity contribution is 7.89. The molecule has 0 aromatic heterocycles. The largest absolute Gasteiger partial charge is 0.573 e. The molecule has 0 N–H and O–H groups in total. The van der Waals surface area contributed by atoms with Crippen LogP contribution >= 0.6 is 0 Å². The van der Waals surface area contributed by atoms with Gasteiger partial charge in [-0.05, 0) is 38.1 Å². The smallest absolute Gasteiger partial charge is 0.406 e. The summed E-state index contributed by atoms with van der Waals surface area (Å²) in [5.74, 6) is -0.463. The highest BCUT2D eigenvalue weighted by atomic mass is 32.2. The van der Waals surface area contributed by atoms with Crippen LogP contribution in [0.2, 0.25) is 0 Å². The minimum Gasteiger partial charge on any atom is -0.406 e. The average molecular weight is 339 g/mol. The molecule has 0 aliphatic carbocycles. The van der Waals surface area contributed by atoms with Crippen molar-refractivity contribution in [3.05, 3.63) is 24.3 Å². The second kappa shape index (κ2) is 6.05. The van der Waals surface area contributed by atoms with Gasteiger partial charge >= 0.3 is 6.36 Å². The fourth-order valence-corrected chi connectivity index (χ4v) is 3.88. The maximum atomic E-state index is 12.5. The van der Waals surface area contributed by atoms with Gasteiger partial charge in [0.15, 0.2) is 0 Å². The van der Waals surface area contributed by atoms with Crippen LogP contribution in [0.25, 0.3) is 0 Å². The van der Waals surface area contributed by atoms with Gasteiger partial charge in [-0.2, -0.15) is 4.31 Å². The van der Waals surface area contributed by atoms with Gasteiger partial charge < -0.3 is 9.47 Å². The van der Waals surface area contributed by atoms with Gasteiger partial charge in [-0.15, -0.1) is 13.2 Å². The molecular formula is C13H16F3NO4S. The number of hydrogen-bond donors (Lipinski definition) is 0. The molecule has 22 heavy (non-hydrogen) atoms. The molecule has 2 atom stereocenters. The molecule has 1 heterocycles. The molecule has 9 heteroatoms. The molecule has 0 spiro atoms. The first-order valence-corrected chi connectivity index (χ1v) is 8.03. The first-order valence-electron chi connectivity index (χ1n) is 6.59. The van der Waals surface area contributed by atoms with E-state index in [2.05, 4.69) is 4.74 Å². The van der Waals surface area contributed by atoms with Crippen LogP contribution in [0.5, 0.6) is 5.75 Å². The number of hydrogen-bond acceptors (Lipinski definition) is 4. The molecule has 1 fully saturated rings. The second-order valence-electron chi connectivity index (χ2n) is 5.10. The maximum Gasteiger partial charge on any atom is 0.573 e. The van der Waals surface area contributed by atoms with E-state index in [1.165, 1.54) is 4.31 Å². The van der Waals surface area contributed by atoms with Crippen molar-refractivity contribution in [1.29, 1.82) is 0 Å². The molecule has 0 amide bonds. The summed E-state index contributed by atoms with van der Waals surface area (Å²) in [6.45, 7) is 3.93. The van der Waals surface area contributed by atoms with E-state index in [0.717, 1.165) is 24.3 Å². The van der Waals surface area contributed by atoms with Crippen molar-refractivity contribution >= 4 is 10.0 Å². The Balaban J connectivity index is 2.19. The van der Waals surface area contributed by atoms with Gasteiger partial charge in [-0.25, -0.2) is 8.42 Å². The van der Waals surface area contributed by atoms with Gasteiger partial charge in [0.1, 0.15) is 5.75 Å². The highest BCUT2D eigenvalue weighted by Gasteiger charge is 2.33. The Morgan fingerprint density at radius 2 is 1.64 bits per heavy atom. The molecule has 1 aliphatic heterocycles. The molecule has 5 nitrogen and oxygen atoms in total. The van der Waals surface area contributed by atoms with E-state index in [-0.39, 0.29) is 30.2 Å². The third-order valence-electron chi connectivity index (χ3n) is 3.08. The van der Waals surface area contributed by atoms with Crippen LogP contribution in [0.15, 0.2) is 29.2 Å². The van der Waals surface area contributed by atoms with Crippen LogP contribution < -0.4 is 4.74 Å². The third-order valence-corrected chi connectivity index (χ3v) is 4.93. The lowest BCUT2D eigenvalue weighted by atomic mass is 10.3. The van der Waals surface area contributed by atoms with Crippen LogP contribution in [-0.2, 0) is 14.8 Å². The summed E-state index contributed by atoms with van der Waals surface area (Å²) < 4.78 is 71.7. The molecule has 1 aromatic rings. The van der Waals surface area contributed by atoms with Crippen molar-refractivity contribution in [3.63, 3.8) is 0 Å². The fraction of sp³-hybridized carbons (Fsp3) is 0.538.